The van der Waals surface area contributed by atoms with Crippen molar-refractivity contribution in [2.24, 2.45) is 10.7 Å². The molecule has 0 fully saturated rings. The fourth-order valence-electron chi connectivity index (χ4n) is 8.75. The molecule has 0 saturated carbocycles. The molecule has 1 heterocycles. The largest absolute Gasteiger partial charge is 0.457 e. The Bertz CT molecular complexity index is 2740. The van der Waals surface area contributed by atoms with E-state index in [0.717, 1.165) is 61.7 Å². The molecule has 2 aliphatic rings. The summed E-state index contributed by atoms with van der Waals surface area (Å²) in [4.78, 5) is 4.89. The zero-order valence-electron chi connectivity index (χ0n) is 30.8. The second-order valence-electron chi connectivity index (χ2n) is 14.3. The Kier molecular flexibility index (Phi) is 8.36. The highest BCUT2D eigenvalue weighted by atomic mass is 16.5. The van der Waals surface area contributed by atoms with Crippen LogP contribution >= 0.6 is 0 Å². The molecule has 8 aromatic rings. The minimum absolute atomic E-state index is 0.165. The SMILES string of the molecule is NC/N=C(\C=C(/c1ccc(-c2ccccc2)cc1)c1ccc2c(c1)C1(c3ccccc3O2)c2ccccc2-c2ccccc21)c1ccc(-c2ccccc2)cc1. The van der Waals surface area contributed by atoms with Crippen molar-refractivity contribution in [1.29, 1.82) is 0 Å². The summed E-state index contributed by atoms with van der Waals surface area (Å²) in [5.74, 6) is 1.73. The molecule has 3 nitrogen and oxygen atoms in total. The van der Waals surface area contributed by atoms with E-state index >= 15 is 0 Å². The Hall–Kier alpha value is -7.07. The summed E-state index contributed by atoms with van der Waals surface area (Å²) >= 11 is 0. The highest BCUT2D eigenvalue weighted by Crippen LogP contribution is 2.62. The average molecular weight is 719 g/mol. The lowest BCUT2D eigenvalue weighted by Gasteiger charge is -2.39. The van der Waals surface area contributed by atoms with E-state index in [1.165, 1.54) is 33.4 Å². The van der Waals surface area contributed by atoms with Crippen molar-refractivity contribution in [2.75, 3.05) is 6.67 Å². The van der Waals surface area contributed by atoms with Gasteiger partial charge in [0, 0.05) is 11.1 Å². The maximum atomic E-state index is 6.78. The molecule has 266 valence electrons. The number of benzene rings is 8. The summed E-state index contributed by atoms with van der Waals surface area (Å²) in [6, 6.07) is 71.3. The van der Waals surface area contributed by atoms with Crippen LogP contribution in [-0.4, -0.2) is 12.4 Å². The standard InChI is InChI=1S/C53H38N2O/c54-35-55-50(41-29-25-39(26-30-41)37-15-5-2-6-16-37)34-45(40-27-23-38(24-28-40)36-13-3-1-4-14-36)42-31-32-52-49(33-42)53(48-21-11-12-22-51(48)56-52)46-19-9-7-17-43(46)44-18-8-10-20-47(44)53/h1-34H,35,54H2/b45-34+,55-50+. The molecule has 1 aliphatic carbocycles. The van der Waals surface area contributed by atoms with Crippen LogP contribution in [0.4, 0.5) is 0 Å². The second kappa shape index (κ2) is 14.0. The second-order valence-corrected chi connectivity index (χ2v) is 14.3. The van der Waals surface area contributed by atoms with E-state index in [-0.39, 0.29) is 6.67 Å². The lowest BCUT2D eigenvalue weighted by molar-refractivity contribution is 0.436. The summed E-state index contributed by atoms with van der Waals surface area (Å²) in [5, 5.41) is 0. The van der Waals surface area contributed by atoms with Gasteiger partial charge < -0.3 is 10.5 Å². The number of para-hydroxylation sites is 1. The van der Waals surface area contributed by atoms with Gasteiger partial charge in [-0.05, 0) is 91.0 Å². The summed E-state index contributed by atoms with van der Waals surface area (Å²) < 4.78 is 6.78. The van der Waals surface area contributed by atoms with Crippen LogP contribution in [0.1, 0.15) is 38.9 Å². The van der Waals surface area contributed by atoms with Crippen LogP contribution in [0.3, 0.4) is 0 Å². The van der Waals surface area contributed by atoms with Gasteiger partial charge in [0.1, 0.15) is 11.5 Å². The van der Waals surface area contributed by atoms with Gasteiger partial charge in [0.15, 0.2) is 0 Å². The molecule has 0 bridgehead atoms. The van der Waals surface area contributed by atoms with Crippen LogP contribution < -0.4 is 10.5 Å². The molecule has 0 unspecified atom stereocenters. The van der Waals surface area contributed by atoms with Crippen molar-refractivity contribution < 1.29 is 4.74 Å². The van der Waals surface area contributed by atoms with Gasteiger partial charge in [-0.2, -0.15) is 0 Å². The molecule has 1 spiro atoms. The van der Waals surface area contributed by atoms with Crippen molar-refractivity contribution in [3.05, 3.63) is 245 Å². The molecule has 0 saturated heterocycles. The van der Waals surface area contributed by atoms with Crippen molar-refractivity contribution in [3.63, 3.8) is 0 Å². The smallest absolute Gasteiger partial charge is 0.132 e. The Labute approximate surface area is 327 Å². The van der Waals surface area contributed by atoms with Gasteiger partial charge >= 0.3 is 0 Å². The minimum atomic E-state index is -0.572. The van der Waals surface area contributed by atoms with E-state index in [1.54, 1.807) is 0 Å². The van der Waals surface area contributed by atoms with E-state index in [9.17, 15) is 0 Å². The van der Waals surface area contributed by atoms with E-state index in [4.69, 9.17) is 15.5 Å². The van der Waals surface area contributed by atoms with Gasteiger partial charge in [0.2, 0.25) is 0 Å². The molecule has 0 aromatic heterocycles. The number of allylic oxidation sites excluding steroid dienone is 1. The first-order valence-corrected chi connectivity index (χ1v) is 19.1. The van der Waals surface area contributed by atoms with Crippen LogP contribution in [-0.2, 0) is 5.41 Å². The molecule has 8 aromatic carbocycles. The number of ether oxygens (including phenoxy) is 1. The normalized spacial score (nSPS) is 13.7. The lowest BCUT2D eigenvalue weighted by atomic mass is 9.65. The van der Waals surface area contributed by atoms with Crippen LogP contribution in [0.15, 0.2) is 211 Å². The van der Waals surface area contributed by atoms with E-state index in [1.807, 2.05) is 6.07 Å². The average Bonchev–Trinajstić information content (AvgIpc) is 3.56. The molecule has 2 N–H and O–H groups in total. The van der Waals surface area contributed by atoms with Gasteiger partial charge in [-0.3, -0.25) is 4.99 Å². The van der Waals surface area contributed by atoms with Gasteiger partial charge in [-0.25, -0.2) is 0 Å². The van der Waals surface area contributed by atoms with Crippen molar-refractivity contribution in [1.82, 2.24) is 0 Å². The quantitative estimate of drug-likeness (QED) is 0.167. The first-order valence-electron chi connectivity index (χ1n) is 19.1. The first-order chi connectivity index (χ1) is 27.7. The number of hydrogen-bond donors (Lipinski definition) is 1. The van der Waals surface area contributed by atoms with Crippen LogP contribution in [0.25, 0.3) is 39.0 Å². The van der Waals surface area contributed by atoms with Crippen LogP contribution in [0.5, 0.6) is 11.5 Å². The Morgan fingerprint density at radius 1 is 0.446 bits per heavy atom. The zero-order valence-corrected chi connectivity index (χ0v) is 30.8. The predicted molar refractivity (Wildman–Crippen MR) is 230 cm³/mol. The third-order valence-corrected chi connectivity index (χ3v) is 11.3. The Morgan fingerprint density at radius 2 is 0.911 bits per heavy atom. The minimum Gasteiger partial charge on any atom is -0.457 e. The highest BCUT2D eigenvalue weighted by Gasteiger charge is 2.51. The lowest BCUT2D eigenvalue weighted by Crippen LogP contribution is -2.32. The van der Waals surface area contributed by atoms with Gasteiger partial charge in [0.05, 0.1) is 17.8 Å². The molecular formula is C53H38N2O. The third kappa shape index (κ3) is 5.52. The summed E-state index contributed by atoms with van der Waals surface area (Å²) in [6.07, 6.45) is 2.20. The number of nitrogens with two attached hydrogens (primary N) is 1. The fourth-order valence-corrected chi connectivity index (χ4v) is 8.75. The number of rotatable bonds is 7. The number of aliphatic imine (C=N–C) groups is 1. The van der Waals surface area contributed by atoms with Crippen LogP contribution in [0.2, 0.25) is 0 Å². The molecule has 0 amide bonds. The molecule has 56 heavy (non-hydrogen) atoms. The predicted octanol–water partition coefficient (Wildman–Crippen LogP) is 12.3. The molecule has 0 radical (unpaired) electrons. The maximum Gasteiger partial charge on any atom is 0.132 e. The summed E-state index contributed by atoms with van der Waals surface area (Å²) in [6.45, 7) is 0.165. The topological polar surface area (TPSA) is 47.6 Å². The van der Waals surface area contributed by atoms with Gasteiger partial charge in [-0.15, -0.1) is 0 Å². The van der Waals surface area contributed by atoms with Gasteiger partial charge in [0.25, 0.3) is 0 Å². The molecule has 3 heteroatoms. The Morgan fingerprint density at radius 3 is 1.50 bits per heavy atom. The molecule has 10 rings (SSSR count). The fraction of sp³-hybridized carbons (Fsp3) is 0.0377. The highest BCUT2D eigenvalue weighted by molar-refractivity contribution is 6.14. The first kappa shape index (κ1) is 33.5. The van der Waals surface area contributed by atoms with E-state index in [0.29, 0.717) is 0 Å². The molecule has 0 atom stereocenters. The third-order valence-electron chi connectivity index (χ3n) is 11.3. The summed E-state index contributed by atoms with van der Waals surface area (Å²) in [5.41, 5.74) is 22.6. The molecular weight excluding hydrogens is 681 g/mol. The number of nitrogens with zero attached hydrogens (tertiary/aromatic N) is 1. The molecule has 1 aliphatic heterocycles. The van der Waals surface area contributed by atoms with E-state index < -0.39 is 5.41 Å². The van der Waals surface area contributed by atoms with Crippen molar-refractivity contribution >= 4 is 11.3 Å². The van der Waals surface area contributed by atoms with Gasteiger partial charge in [-0.1, -0.05) is 182 Å². The van der Waals surface area contributed by atoms with Crippen molar-refractivity contribution in [2.45, 2.75) is 5.41 Å². The number of hydrogen-bond acceptors (Lipinski definition) is 3. The van der Waals surface area contributed by atoms with Crippen LogP contribution in [0, 0.1) is 0 Å². The maximum absolute atomic E-state index is 6.78. The summed E-state index contributed by atoms with van der Waals surface area (Å²) in [7, 11) is 0. The Balaban J connectivity index is 1.18. The zero-order chi connectivity index (χ0) is 37.5. The number of fused-ring (bicyclic) bond motifs is 9. The monoisotopic (exact) mass is 718 g/mol. The van der Waals surface area contributed by atoms with Crippen molar-refractivity contribution in [3.8, 4) is 44.9 Å². The van der Waals surface area contributed by atoms with E-state index in [2.05, 4.69) is 200 Å².